The van der Waals surface area contributed by atoms with Crippen molar-refractivity contribution in [2.45, 2.75) is 44.0 Å². The van der Waals surface area contributed by atoms with Crippen molar-refractivity contribution < 1.29 is 17.2 Å². The number of aromatic nitrogens is 3. The number of rotatable bonds is 5. The molecule has 2 heterocycles. The first-order valence-electron chi connectivity index (χ1n) is 9.91. The standard InChI is InChI=1S/C21H22F2N4O3S/c1-13-7-8-19(14-5-3-2-4-6-14)31(29,30)27(13)12-16-10-17(22)15(9-18(16)23)11-20-24-21(28)26-25-20/h2-6,9-10,13,19H,7-8,11-12H2,1H3,(H2,24,25,26,28)/t13-,19+/m0/s1. The highest BCUT2D eigenvalue weighted by Gasteiger charge is 2.40. The molecular formula is C21H22F2N4O3S. The van der Waals surface area contributed by atoms with Crippen LogP contribution in [0, 0.1) is 11.6 Å². The monoisotopic (exact) mass is 448 g/mol. The maximum atomic E-state index is 14.8. The predicted octanol–water partition coefficient (Wildman–Crippen LogP) is 3.02. The molecule has 2 atom stereocenters. The lowest BCUT2D eigenvalue weighted by molar-refractivity contribution is 0.278. The molecule has 0 unspecified atom stereocenters. The minimum Gasteiger partial charge on any atom is -0.293 e. The lowest BCUT2D eigenvalue weighted by Gasteiger charge is -2.37. The number of hydrogen-bond acceptors (Lipinski definition) is 4. The van der Waals surface area contributed by atoms with E-state index in [0.717, 1.165) is 12.1 Å². The van der Waals surface area contributed by atoms with E-state index < -0.39 is 32.6 Å². The first-order chi connectivity index (χ1) is 14.8. The molecule has 31 heavy (non-hydrogen) atoms. The lowest BCUT2D eigenvalue weighted by atomic mass is 10.0. The van der Waals surface area contributed by atoms with Gasteiger partial charge < -0.3 is 0 Å². The summed E-state index contributed by atoms with van der Waals surface area (Å²) in [5.74, 6) is -1.23. The van der Waals surface area contributed by atoms with Gasteiger partial charge in [0.2, 0.25) is 10.0 Å². The molecule has 0 bridgehead atoms. The Kier molecular flexibility index (Phi) is 5.76. The fourth-order valence-corrected chi connectivity index (χ4v) is 6.16. The first kappa shape index (κ1) is 21.4. The van der Waals surface area contributed by atoms with Gasteiger partial charge in [-0.1, -0.05) is 30.3 Å². The minimum atomic E-state index is -3.76. The molecule has 164 valence electrons. The SMILES string of the molecule is C[C@H]1CC[C@H](c2ccccc2)S(=O)(=O)N1Cc1cc(F)c(Cc2n[nH]c(=O)[nH]2)cc1F. The molecule has 4 rings (SSSR count). The molecule has 2 N–H and O–H groups in total. The van der Waals surface area contributed by atoms with E-state index in [-0.39, 0.29) is 36.0 Å². The Morgan fingerprint density at radius 2 is 1.77 bits per heavy atom. The third-order valence-electron chi connectivity index (χ3n) is 5.65. The summed E-state index contributed by atoms with van der Waals surface area (Å²) in [6.07, 6.45) is 0.991. The molecule has 1 aliphatic heterocycles. The van der Waals surface area contributed by atoms with Crippen LogP contribution in [0.15, 0.2) is 47.3 Å². The molecular weight excluding hydrogens is 426 g/mol. The topological polar surface area (TPSA) is 98.9 Å². The number of H-pyrrole nitrogens is 2. The Labute approximate surface area is 178 Å². The van der Waals surface area contributed by atoms with Crippen molar-refractivity contribution in [3.05, 3.63) is 87.1 Å². The number of nitrogens with zero attached hydrogens (tertiary/aromatic N) is 2. The number of benzene rings is 2. The lowest BCUT2D eigenvalue weighted by Crippen LogP contribution is -2.44. The van der Waals surface area contributed by atoms with E-state index in [1.54, 1.807) is 31.2 Å². The molecule has 0 aliphatic carbocycles. The first-order valence-corrected chi connectivity index (χ1v) is 11.4. The summed E-state index contributed by atoms with van der Waals surface area (Å²) in [5.41, 5.74) is 0.126. The molecule has 1 aromatic heterocycles. The average Bonchev–Trinajstić information content (AvgIpc) is 3.13. The van der Waals surface area contributed by atoms with Crippen molar-refractivity contribution in [2.75, 3.05) is 0 Å². The maximum absolute atomic E-state index is 14.8. The molecule has 3 aromatic rings. The maximum Gasteiger partial charge on any atom is 0.340 e. The second kappa shape index (κ2) is 8.35. The zero-order valence-corrected chi connectivity index (χ0v) is 17.6. The van der Waals surface area contributed by atoms with E-state index in [2.05, 4.69) is 15.2 Å². The Bertz CT molecular complexity index is 1240. The molecule has 0 spiro atoms. The summed E-state index contributed by atoms with van der Waals surface area (Å²) in [7, 11) is -3.76. The van der Waals surface area contributed by atoms with E-state index >= 15 is 0 Å². The summed E-state index contributed by atoms with van der Waals surface area (Å²) in [4.78, 5) is 13.5. The second-order valence-corrected chi connectivity index (χ2v) is 9.82. The van der Waals surface area contributed by atoms with Gasteiger partial charge in [-0.2, -0.15) is 9.40 Å². The van der Waals surface area contributed by atoms with Crippen LogP contribution in [0.4, 0.5) is 8.78 Å². The van der Waals surface area contributed by atoms with Gasteiger partial charge in [0.25, 0.3) is 0 Å². The van der Waals surface area contributed by atoms with Gasteiger partial charge in [0.15, 0.2) is 0 Å². The van der Waals surface area contributed by atoms with Crippen LogP contribution >= 0.6 is 0 Å². The largest absolute Gasteiger partial charge is 0.340 e. The van der Waals surface area contributed by atoms with Crippen LogP contribution < -0.4 is 5.69 Å². The van der Waals surface area contributed by atoms with Crippen LogP contribution in [0.2, 0.25) is 0 Å². The summed E-state index contributed by atoms with van der Waals surface area (Å²) >= 11 is 0. The van der Waals surface area contributed by atoms with E-state index in [0.29, 0.717) is 18.4 Å². The molecule has 0 radical (unpaired) electrons. The molecule has 1 aliphatic rings. The fraction of sp³-hybridized carbons (Fsp3) is 0.333. The smallest absolute Gasteiger partial charge is 0.293 e. The summed E-state index contributed by atoms with van der Waals surface area (Å²) < 4.78 is 57.3. The molecule has 1 fully saturated rings. The van der Waals surface area contributed by atoms with Crippen LogP contribution in [0.1, 0.15) is 47.5 Å². The number of sulfonamides is 1. The number of halogens is 2. The second-order valence-electron chi connectivity index (χ2n) is 7.75. The molecule has 7 nitrogen and oxygen atoms in total. The van der Waals surface area contributed by atoms with Crippen molar-refractivity contribution >= 4 is 10.0 Å². The van der Waals surface area contributed by atoms with Crippen molar-refractivity contribution in [1.29, 1.82) is 0 Å². The highest BCUT2D eigenvalue weighted by Crippen LogP contribution is 2.38. The van der Waals surface area contributed by atoms with Gasteiger partial charge in [0, 0.05) is 24.6 Å². The van der Waals surface area contributed by atoms with Gasteiger partial charge in [0.05, 0.1) is 0 Å². The van der Waals surface area contributed by atoms with Gasteiger partial charge in [-0.25, -0.2) is 27.1 Å². The van der Waals surface area contributed by atoms with E-state index in [1.807, 2.05) is 6.07 Å². The molecule has 10 heteroatoms. The molecule has 0 amide bonds. The third kappa shape index (κ3) is 4.31. The van der Waals surface area contributed by atoms with Crippen LogP contribution in [0.5, 0.6) is 0 Å². The van der Waals surface area contributed by atoms with Gasteiger partial charge in [-0.3, -0.25) is 4.98 Å². The van der Waals surface area contributed by atoms with E-state index in [1.165, 1.54) is 4.31 Å². The number of nitrogens with one attached hydrogen (secondary N) is 2. The van der Waals surface area contributed by atoms with Gasteiger partial charge in [-0.05, 0) is 43.0 Å². The predicted molar refractivity (Wildman–Crippen MR) is 111 cm³/mol. The average molecular weight is 448 g/mol. The Balaban J connectivity index is 1.61. The van der Waals surface area contributed by atoms with E-state index in [4.69, 9.17) is 0 Å². The highest BCUT2D eigenvalue weighted by atomic mass is 32.2. The minimum absolute atomic E-state index is 0.0145. The fourth-order valence-electron chi connectivity index (χ4n) is 3.97. The number of hydrogen-bond donors (Lipinski definition) is 2. The van der Waals surface area contributed by atoms with Crippen LogP contribution in [0.3, 0.4) is 0 Å². The van der Waals surface area contributed by atoms with Gasteiger partial charge in [0.1, 0.15) is 22.7 Å². The van der Waals surface area contributed by atoms with Gasteiger partial charge >= 0.3 is 5.69 Å². The third-order valence-corrected chi connectivity index (χ3v) is 8.02. The van der Waals surface area contributed by atoms with Crippen molar-refractivity contribution in [3.8, 4) is 0 Å². The molecule has 0 saturated carbocycles. The van der Waals surface area contributed by atoms with Crippen molar-refractivity contribution in [1.82, 2.24) is 19.5 Å². The van der Waals surface area contributed by atoms with Crippen molar-refractivity contribution in [2.24, 2.45) is 0 Å². The summed E-state index contributed by atoms with van der Waals surface area (Å²) in [6.45, 7) is 1.52. The zero-order chi connectivity index (χ0) is 22.2. The Morgan fingerprint density at radius 1 is 1.10 bits per heavy atom. The normalized spacial score (nSPS) is 21.3. The number of aromatic amines is 2. The van der Waals surface area contributed by atoms with Crippen LogP contribution in [0.25, 0.3) is 0 Å². The van der Waals surface area contributed by atoms with Crippen LogP contribution in [-0.4, -0.2) is 33.9 Å². The molecule has 1 saturated heterocycles. The van der Waals surface area contributed by atoms with Gasteiger partial charge in [-0.15, -0.1) is 0 Å². The van der Waals surface area contributed by atoms with E-state index in [9.17, 15) is 22.0 Å². The zero-order valence-electron chi connectivity index (χ0n) is 16.8. The summed E-state index contributed by atoms with van der Waals surface area (Å²) in [5, 5.41) is 5.15. The van der Waals surface area contributed by atoms with Crippen LogP contribution in [-0.2, 0) is 23.0 Å². The summed E-state index contributed by atoms with van der Waals surface area (Å²) in [6, 6.07) is 10.6. The Morgan fingerprint density at radius 3 is 2.45 bits per heavy atom. The molecule has 2 aromatic carbocycles. The highest BCUT2D eigenvalue weighted by molar-refractivity contribution is 7.89. The quantitative estimate of drug-likeness (QED) is 0.627. The Hall–Kier alpha value is -2.85. The van der Waals surface area contributed by atoms with Crippen molar-refractivity contribution in [3.63, 3.8) is 0 Å².